The minimum absolute atomic E-state index is 0.00579. The van der Waals surface area contributed by atoms with Gasteiger partial charge in [-0.25, -0.2) is 14.8 Å². The number of carbonyl (C=O) groups excluding carboxylic acids is 1. The maximum Gasteiger partial charge on any atom is 0.341 e. The van der Waals surface area contributed by atoms with Crippen molar-refractivity contribution < 1.29 is 14.3 Å². The summed E-state index contributed by atoms with van der Waals surface area (Å²) in [6.45, 7) is 2.94. The van der Waals surface area contributed by atoms with E-state index in [2.05, 4.69) is 9.97 Å². The zero-order valence-corrected chi connectivity index (χ0v) is 11.1. The molecule has 0 N–H and O–H groups in total. The maximum absolute atomic E-state index is 11.9. The van der Waals surface area contributed by atoms with E-state index in [-0.39, 0.29) is 12.1 Å². The van der Waals surface area contributed by atoms with E-state index in [4.69, 9.17) is 9.47 Å². The molecule has 1 aromatic heterocycles. The van der Waals surface area contributed by atoms with Gasteiger partial charge in [-0.2, -0.15) is 0 Å². The van der Waals surface area contributed by atoms with Crippen molar-refractivity contribution in [2.24, 2.45) is 0 Å². The van der Waals surface area contributed by atoms with E-state index in [1.54, 1.807) is 13.1 Å². The van der Waals surface area contributed by atoms with Crippen molar-refractivity contribution in [3.05, 3.63) is 23.3 Å². The predicted molar refractivity (Wildman–Crippen MR) is 67.9 cm³/mol. The Hall–Kier alpha value is -1.49. The lowest BCUT2D eigenvalue weighted by molar-refractivity contribution is 0.0522. The van der Waals surface area contributed by atoms with Crippen LogP contribution in [0.5, 0.6) is 0 Å². The monoisotopic (exact) mass is 262 g/mol. The third-order valence-electron chi connectivity index (χ3n) is 3.51. The molecule has 1 aliphatic heterocycles. The van der Waals surface area contributed by atoms with Crippen molar-refractivity contribution in [3.8, 4) is 0 Å². The number of hydrogen-bond donors (Lipinski definition) is 0. The summed E-state index contributed by atoms with van der Waals surface area (Å²) in [7, 11) is 0. The lowest BCUT2D eigenvalue weighted by Crippen LogP contribution is -2.13. The van der Waals surface area contributed by atoms with Gasteiger partial charge in [0.15, 0.2) is 5.82 Å². The molecule has 19 heavy (non-hydrogen) atoms. The largest absolute Gasteiger partial charge is 0.462 e. The summed E-state index contributed by atoms with van der Waals surface area (Å²) in [5, 5.41) is 0. The molecule has 0 bridgehead atoms. The Morgan fingerprint density at radius 1 is 1.47 bits per heavy atom. The molecular formula is C14H18N2O3. The Morgan fingerprint density at radius 3 is 2.95 bits per heavy atom. The van der Waals surface area contributed by atoms with Crippen molar-refractivity contribution in [1.29, 1.82) is 0 Å². The molecule has 1 saturated heterocycles. The van der Waals surface area contributed by atoms with Crippen LogP contribution >= 0.6 is 0 Å². The topological polar surface area (TPSA) is 61.3 Å². The molecule has 1 aliphatic carbocycles. The van der Waals surface area contributed by atoms with Gasteiger partial charge in [0.2, 0.25) is 0 Å². The zero-order chi connectivity index (χ0) is 13.2. The van der Waals surface area contributed by atoms with E-state index in [0.717, 1.165) is 38.0 Å². The van der Waals surface area contributed by atoms with Crippen LogP contribution in [0.25, 0.3) is 0 Å². The highest BCUT2D eigenvalue weighted by Crippen LogP contribution is 2.41. The van der Waals surface area contributed by atoms with Crippen molar-refractivity contribution in [2.75, 3.05) is 13.2 Å². The van der Waals surface area contributed by atoms with Gasteiger partial charge in [0, 0.05) is 18.7 Å². The Balaban J connectivity index is 1.90. The summed E-state index contributed by atoms with van der Waals surface area (Å²) in [4.78, 5) is 20.8. The molecule has 0 aromatic carbocycles. The third kappa shape index (κ3) is 2.61. The van der Waals surface area contributed by atoms with Gasteiger partial charge in [-0.05, 0) is 32.6 Å². The summed E-state index contributed by atoms with van der Waals surface area (Å²) in [5.74, 6) is 0.790. The molecule has 3 rings (SSSR count). The molecule has 0 amide bonds. The minimum atomic E-state index is -0.316. The molecular weight excluding hydrogens is 244 g/mol. The average Bonchev–Trinajstić information content (AvgIpc) is 3.13. The molecule has 2 aliphatic rings. The van der Waals surface area contributed by atoms with E-state index in [9.17, 15) is 4.79 Å². The molecule has 5 nitrogen and oxygen atoms in total. The Morgan fingerprint density at radius 2 is 2.32 bits per heavy atom. The van der Waals surface area contributed by atoms with Crippen LogP contribution in [0.15, 0.2) is 6.20 Å². The molecule has 5 heteroatoms. The zero-order valence-electron chi connectivity index (χ0n) is 11.1. The minimum Gasteiger partial charge on any atom is -0.462 e. The number of carbonyl (C=O) groups is 1. The summed E-state index contributed by atoms with van der Waals surface area (Å²) >= 11 is 0. The molecule has 1 atom stereocenters. The lowest BCUT2D eigenvalue weighted by atomic mass is 10.1. The Labute approximate surface area is 112 Å². The van der Waals surface area contributed by atoms with Crippen LogP contribution in [0, 0.1) is 0 Å². The molecule has 1 saturated carbocycles. The number of aromatic nitrogens is 2. The van der Waals surface area contributed by atoms with Gasteiger partial charge in [-0.15, -0.1) is 0 Å². The summed E-state index contributed by atoms with van der Waals surface area (Å²) in [6.07, 6.45) is 5.79. The molecule has 1 aromatic rings. The summed E-state index contributed by atoms with van der Waals surface area (Å²) in [5.41, 5.74) is 1.37. The van der Waals surface area contributed by atoms with E-state index < -0.39 is 0 Å². The molecule has 102 valence electrons. The number of hydrogen-bond acceptors (Lipinski definition) is 5. The first kappa shape index (κ1) is 12.5. The van der Waals surface area contributed by atoms with Gasteiger partial charge in [-0.1, -0.05) is 0 Å². The molecule has 1 unspecified atom stereocenters. The quantitative estimate of drug-likeness (QED) is 0.780. The highest BCUT2D eigenvalue weighted by atomic mass is 16.5. The fourth-order valence-electron chi connectivity index (χ4n) is 2.38. The Bertz CT molecular complexity index is 480. The van der Waals surface area contributed by atoms with Crippen molar-refractivity contribution >= 4 is 5.97 Å². The van der Waals surface area contributed by atoms with E-state index in [1.165, 1.54) is 0 Å². The van der Waals surface area contributed by atoms with Gasteiger partial charge < -0.3 is 9.47 Å². The van der Waals surface area contributed by atoms with E-state index in [1.807, 2.05) is 0 Å². The Kier molecular flexibility index (Phi) is 3.46. The molecule has 0 spiro atoms. The van der Waals surface area contributed by atoms with Crippen LogP contribution < -0.4 is 0 Å². The SMILES string of the molecule is CCOC(=O)c1cnc(C2CCCO2)nc1C1CC1. The second-order valence-electron chi connectivity index (χ2n) is 5.02. The second-order valence-corrected chi connectivity index (χ2v) is 5.02. The highest BCUT2D eigenvalue weighted by Gasteiger charge is 2.32. The van der Waals surface area contributed by atoms with Gasteiger partial charge in [-0.3, -0.25) is 0 Å². The standard InChI is InChI=1S/C14H18N2O3/c1-2-18-14(17)10-8-15-13(11-4-3-7-19-11)16-12(10)9-5-6-9/h8-9,11H,2-7H2,1H3. The summed E-state index contributed by atoms with van der Waals surface area (Å²) in [6, 6.07) is 0. The fourth-order valence-corrected chi connectivity index (χ4v) is 2.38. The second kappa shape index (κ2) is 5.25. The third-order valence-corrected chi connectivity index (χ3v) is 3.51. The van der Waals surface area contributed by atoms with Crippen LogP contribution in [-0.4, -0.2) is 29.2 Å². The summed E-state index contributed by atoms with van der Waals surface area (Å²) < 4.78 is 10.7. The lowest BCUT2D eigenvalue weighted by Gasteiger charge is -2.12. The molecule has 0 radical (unpaired) electrons. The van der Waals surface area contributed by atoms with Crippen molar-refractivity contribution in [3.63, 3.8) is 0 Å². The molecule has 2 heterocycles. The number of esters is 1. The average molecular weight is 262 g/mol. The van der Waals surface area contributed by atoms with Gasteiger partial charge in [0.05, 0.1) is 17.9 Å². The maximum atomic E-state index is 11.9. The normalized spacial score (nSPS) is 22.5. The van der Waals surface area contributed by atoms with Crippen LogP contribution in [0.3, 0.4) is 0 Å². The molecule has 2 fully saturated rings. The highest BCUT2D eigenvalue weighted by molar-refractivity contribution is 5.90. The van der Waals surface area contributed by atoms with Crippen molar-refractivity contribution in [2.45, 2.75) is 44.6 Å². The predicted octanol–water partition coefficient (Wildman–Crippen LogP) is 2.38. The first-order valence-corrected chi connectivity index (χ1v) is 6.95. The van der Waals surface area contributed by atoms with Crippen LogP contribution in [0.1, 0.15) is 66.5 Å². The van der Waals surface area contributed by atoms with Gasteiger partial charge in [0.1, 0.15) is 6.10 Å². The van der Waals surface area contributed by atoms with E-state index >= 15 is 0 Å². The number of rotatable bonds is 4. The van der Waals surface area contributed by atoms with Crippen LogP contribution in [0.2, 0.25) is 0 Å². The van der Waals surface area contributed by atoms with E-state index in [0.29, 0.717) is 23.9 Å². The first-order chi connectivity index (χ1) is 9.29. The smallest absolute Gasteiger partial charge is 0.341 e. The number of nitrogens with zero attached hydrogens (tertiary/aromatic N) is 2. The van der Waals surface area contributed by atoms with Gasteiger partial charge >= 0.3 is 5.97 Å². The first-order valence-electron chi connectivity index (χ1n) is 6.95. The van der Waals surface area contributed by atoms with Crippen molar-refractivity contribution in [1.82, 2.24) is 9.97 Å². The number of ether oxygens (including phenoxy) is 2. The fraction of sp³-hybridized carbons (Fsp3) is 0.643. The van der Waals surface area contributed by atoms with Crippen LogP contribution in [-0.2, 0) is 9.47 Å². The van der Waals surface area contributed by atoms with Gasteiger partial charge in [0.25, 0.3) is 0 Å². The van der Waals surface area contributed by atoms with Crippen LogP contribution in [0.4, 0.5) is 0 Å².